The first kappa shape index (κ1) is 58.2. The van der Waals surface area contributed by atoms with Gasteiger partial charge in [-0.1, -0.05) is 155 Å². The molecule has 3 N–H and O–H groups in total. The van der Waals surface area contributed by atoms with Gasteiger partial charge in [-0.15, -0.1) is 0 Å². The number of aliphatic hydroxyl groups excluding tert-OH is 2. The molecule has 0 bridgehead atoms. The summed E-state index contributed by atoms with van der Waals surface area (Å²) in [5, 5.41) is 38.3. The number of aromatic hydroxyl groups is 1. The Bertz CT molecular complexity index is 2880. The molecule has 2 aliphatic rings. The Morgan fingerprint density at radius 1 is 0.487 bits per heavy atom. The Balaban J connectivity index is 0.000000208. The number of hydrogen-bond donors (Lipinski definition) is 3. The first-order chi connectivity index (χ1) is 37.9. The fourth-order valence-corrected chi connectivity index (χ4v) is 21.3. The monoisotopic (exact) mass is 1080 g/mol. The van der Waals surface area contributed by atoms with Crippen molar-refractivity contribution >= 4 is 57.9 Å². The highest BCUT2D eigenvalue weighted by molar-refractivity contribution is 7.96. The van der Waals surface area contributed by atoms with Gasteiger partial charge in [-0.2, -0.15) is 0 Å². The number of rotatable bonds is 22. The molecule has 0 saturated heterocycles. The van der Waals surface area contributed by atoms with Crippen LogP contribution in [0.5, 0.6) is 11.5 Å². The molecule has 0 saturated carbocycles. The zero-order valence-electron chi connectivity index (χ0n) is 46.7. The van der Waals surface area contributed by atoms with Crippen molar-refractivity contribution in [3.63, 3.8) is 0 Å². The van der Waals surface area contributed by atoms with Crippen LogP contribution in [0.4, 0.5) is 0 Å². The quantitative estimate of drug-likeness (QED) is 0.0461. The van der Waals surface area contributed by atoms with E-state index in [1.807, 2.05) is 13.8 Å². The molecule has 0 spiro atoms. The van der Waals surface area contributed by atoms with Crippen molar-refractivity contribution in [2.75, 3.05) is 25.5 Å². The number of fused-ring (bicyclic) bond motifs is 1. The number of Topliss-reactive ketones (excluding diaryl/α,β-unsaturated/α-hetero) is 2. The maximum atomic E-state index is 12.8. The molecule has 1 aliphatic heterocycles. The van der Waals surface area contributed by atoms with E-state index in [1.165, 1.54) is 75.7 Å². The van der Waals surface area contributed by atoms with Crippen LogP contribution in [-0.4, -0.2) is 58.0 Å². The van der Waals surface area contributed by atoms with Gasteiger partial charge in [0.05, 0.1) is 25.5 Å². The number of aliphatic hydroxyl groups is 2. The Kier molecular flexibility index (Phi) is 20.3. The van der Waals surface area contributed by atoms with Gasteiger partial charge in [0.1, 0.15) is 63.5 Å². The van der Waals surface area contributed by atoms with Gasteiger partial charge in [-0.05, 0) is 149 Å². The molecule has 3 unspecified atom stereocenters. The van der Waals surface area contributed by atoms with E-state index in [4.69, 9.17) is 4.74 Å². The summed E-state index contributed by atoms with van der Waals surface area (Å²) in [5.41, 5.74) is 4.07. The molecule has 3 atom stereocenters. The Morgan fingerprint density at radius 2 is 0.846 bits per heavy atom. The Labute approximate surface area is 466 Å². The van der Waals surface area contributed by atoms with Gasteiger partial charge in [0.15, 0.2) is 11.6 Å². The molecule has 0 radical (unpaired) electrons. The van der Waals surface area contributed by atoms with E-state index in [9.17, 15) is 24.9 Å². The molecule has 0 fully saturated rings. The number of carbonyl (C=O) groups is 2. The van der Waals surface area contributed by atoms with E-state index in [1.54, 1.807) is 6.92 Å². The smallest absolute Gasteiger partial charge is 0.165 e. The molecule has 0 aromatic heterocycles. The van der Waals surface area contributed by atoms with Crippen LogP contribution >= 0.6 is 14.5 Å². The highest BCUT2D eigenvalue weighted by atomic mass is 31.2. The third-order valence-electron chi connectivity index (χ3n) is 17.1. The number of benzene rings is 7. The molecule has 78 heavy (non-hydrogen) atoms. The summed E-state index contributed by atoms with van der Waals surface area (Å²) in [6, 6.07) is 66.5. The number of unbranched alkanes of at least 4 members (excludes halogenated alkanes) is 7. The zero-order chi connectivity index (χ0) is 55.1. The number of hydrogen-bond acceptors (Lipinski definition) is 6. The molecule has 7 aromatic rings. The lowest BCUT2D eigenvalue weighted by molar-refractivity contribution is -0.131. The number of ketones is 2. The van der Waals surface area contributed by atoms with E-state index in [2.05, 4.69) is 196 Å². The summed E-state index contributed by atoms with van der Waals surface area (Å²) in [6.07, 6.45) is 14.8. The van der Waals surface area contributed by atoms with E-state index >= 15 is 0 Å². The minimum absolute atomic E-state index is 0.0990. The van der Waals surface area contributed by atoms with Gasteiger partial charge in [-0.3, -0.25) is 9.59 Å². The summed E-state index contributed by atoms with van der Waals surface area (Å²) >= 11 is 0. The number of phenols is 1. The van der Waals surface area contributed by atoms with Crippen LogP contribution in [0.25, 0.3) is 0 Å². The van der Waals surface area contributed by atoms with Crippen molar-refractivity contribution in [2.24, 2.45) is 11.8 Å². The van der Waals surface area contributed by atoms with Crippen LogP contribution in [0.15, 0.2) is 193 Å². The van der Waals surface area contributed by atoms with Crippen LogP contribution in [0, 0.1) is 32.6 Å². The molecule has 0 amide bonds. The van der Waals surface area contributed by atoms with Crippen molar-refractivity contribution in [3.8, 4) is 11.5 Å². The first-order valence-corrected chi connectivity index (χ1v) is 32.5. The molecule has 1 heterocycles. The maximum absolute atomic E-state index is 12.8. The normalized spacial score (nSPS) is 17.5. The van der Waals surface area contributed by atoms with Gasteiger partial charge in [-0.25, -0.2) is 0 Å². The number of ether oxygens (including phenoxy) is 1. The lowest BCUT2D eigenvalue weighted by Crippen LogP contribution is -2.41. The fraction of sp³-hybridized carbons (Fsp3) is 0.343. The summed E-state index contributed by atoms with van der Waals surface area (Å²) < 4.78 is 6.88. The van der Waals surface area contributed by atoms with E-state index in [0.717, 1.165) is 67.1 Å². The van der Waals surface area contributed by atoms with E-state index in [0.29, 0.717) is 12.2 Å². The van der Waals surface area contributed by atoms with Crippen LogP contribution in [0.1, 0.15) is 107 Å². The minimum atomic E-state index is -1.91. The third-order valence-corrected chi connectivity index (χ3v) is 26.1. The molecular formula is C70H82O6P2+2. The molecule has 7 aromatic carbocycles. The Morgan fingerprint density at radius 3 is 1.24 bits per heavy atom. The summed E-state index contributed by atoms with van der Waals surface area (Å²) in [7, 11) is -3.65. The summed E-state index contributed by atoms with van der Waals surface area (Å²) in [4.78, 5) is 25.4. The molecule has 406 valence electrons. The summed E-state index contributed by atoms with van der Waals surface area (Å²) in [6.45, 7) is 9.18. The van der Waals surface area contributed by atoms with Crippen molar-refractivity contribution in [1.82, 2.24) is 0 Å². The van der Waals surface area contributed by atoms with Gasteiger partial charge in [0.25, 0.3) is 0 Å². The van der Waals surface area contributed by atoms with Crippen LogP contribution < -0.4 is 36.6 Å². The number of phenolic OH excluding ortho intramolecular Hbond substituents is 1. The second-order valence-corrected chi connectivity index (χ2v) is 29.2. The van der Waals surface area contributed by atoms with Crippen LogP contribution in [0.2, 0.25) is 0 Å². The van der Waals surface area contributed by atoms with Crippen LogP contribution in [-0.2, 0) is 16.0 Å². The first-order valence-electron chi connectivity index (χ1n) is 28.5. The van der Waals surface area contributed by atoms with Crippen molar-refractivity contribution in [2.45, 2.75) is 117 Å². The van der Waals surface area contributed by atoms with Gasteiger partial charge in [0, 0.05) is 35.0 Å². The van der Waals surface area contributed by atoms with Gasteiger partial charge < -0.3 is 20.1 Å². The summed E-state index contributed by atoms with van der Waals surface area (Å²) in [5.74, 6) is 0.253. The van der Waals surface area contributed by atoms with E-state index in [-0.39, 0.29) is 34.2 Å². The lowest BCUT2D eigenvalue weighted by Gasteiger charge is -2.39. The third kappa shape index (κ3) is 12.7. The maximum Gasteiger partial charge on any atom is 0.165 e. The number of carbonyl (C=O) groups excluding carboxylic acids is 2. The standard InChI is InChI=1S/C37H46O4P.C33H35O2P/c1-29-33(37(41)35(28-39)34(27-38)36(29)40)25-17-6-4-2-3-5-7-18-26-42(30-19-11-8-12-20-30,31-21-13-9-14-22-31)32-23-15-10-16-24-32;1-24-25(2)32-30(26(3)31(24)34)20-21-33(4,35-32)22-23-36(27-14-8-5-9-15-27,28-16-10-6-11-17-28)29-18-12-7-13-19-29/h8-16,19-24,29,33,38-39H,2-7,17-18,25-28H2,1H3;5-19H,20-23H2,1-4H3/q+1;/p+1. The topological polar surface area (TPSA) is 104 Å². The lowest BCUT2D eigenvalue weighted by atomic mass is 9.73. The SMILES string of the molecule is CC1C(=O)C(CO)=C(CO)C(=O)C1CCCCCCCCCC[P+](c1ccccc1)(c1ccccc1)c1ccccc1.Cc1c(C)c2c(c(C)c1O)CCC(C)(CC[P+](c1ccccc1)(c1ccccc1)c1ccccc1)O2. The molecular weight excluding hydrogens is 999 g/mol. The van der Waals surface area contributed by atoms with Crippen molar-refractivity contribution < 1.29 is 29.6 Å². The predicted octanol–water partition coefficient (Wildman–Crippen LogP) is 13.0. The average Bonchev–Trinajstić information content (AvgIpc) is 3.57. The second-order valence-electron chi connectivity index (χ2n) is 21.9. The molecule has 6 nitrogen and oxygen atoms in total. The fourth-order valence-electron chi connectivity index (χ4n) is 12.3. The average molecular weight is 1080 g/mol. The molecule has 1 aliphatic carbocycles. The highest BCUT2D eigenvalue weighted by Crippen LogP contribution is 2.58. The minimum Gasteiger partial charge on any atom is -0.507 e. The van der Waals surface area contributed by atoms with Crippen LogP contribution in [0.3, 0.4) is 0 Å². The second kappa shape index (κ2) is 27.2. The predicted molar refractivity (Wildman–Crippen MR) is 330 cm³/mol. The highest BCUT2D eigenvalue weighted by Gasteiger charge is 2.48. The molecule has 8 heteroatoms. The zero-order valence-corrected chi connectivity index (χ0v) is 48.5. The Hall–Kier alpha value is -6.00. The molecule has 9 rings (SSSR count). The van der Waals surface area contributed by atoms with Crippen molar-refractivity contribution in [3.05, 3.63) is 215 Å². The largest absolute Gasteiger partial charge is 0.507 e. The van der Waals surface area contributed by atoms with Gasteiger partial charge in [0.2, 0.25) is 0 Å². The van der Waals surface area contributed by atoms with Gasteiger partial charge >= 0.3 is 0 Å². The van der Waals surface area contributed by atoms with E-state index < -0.39 is 33.7 Å². The van der Waals surface area contributed by atoms with Crippen molar-refractivity contribution in [1.29, 1.82) is 0 Å².